The van der Waals surface area contributed by atoms with Crippen molar-refractivity contribution in [3.8, 4) is 0 Å². The van der Waals surface area contributed by atoms with Crippen LogP contribution in [0.25, 0.3) is 10.9 Å². The van der Waals surface area contributed by atoms with Gasteiger partial charge in [-0.1, -0.05) is 18.2 Å². The molecule has 1 aromatic carbocycles. The normalized spacial score (nSPS) is 18.2. The Bertz CT molecular complexity index is 787. The van der Waals surface area contributed by atoms with Crippen molar-refractivity contribution < 1.29 is 0 Å². The molecule has 1 aliphatic rings. The van der Waals surface area contributed by atoms with Gasteiger partial charge < -0.3 is 9.47 Å². The van der Waals surface area contributed by atoms with E-state index in [1.54, 1.807) is 0 Å². The highest BCUT2D eigenvalue weighted by Crippen LogP contribution is 2.31. The molecule has 1 aliphatic heterocycles. The number of aryl methyl sites for hydroxylation is 1. The summed E-state index contributed by atoms with van der Waals surface area (Å²) in [7, 11) is 0. The Labute approximate surface area is 130 Å². The first-order valence-electron chi connectivity index (χ1n) is 7.91. The van der Waals surface area contributed by atoms with Crippen molar-refractivity contribution in [3.05, 3.63) is 54.7 Å². The Morgan fingerprint density at radius 3 is 2.91 bits per heavy atom. The molecule has 4 nitrogen and oxygen atoms in total. The SMILES string of the molecule is Cc1nccn1CC1CCCN1c1ccnc2ccccc12. The van der Waals surface area contributed by atoms with Crippen molar-refractivity contribution in [3.63, 3.8) is 0 Å². The Balaban J connectivity index is 1.69. The zero-order chi connectivity index (χ0) is 14.9. The maximum Gasteiger partial charge on any atom is 0.105 e. The van der Waals surface area contributed by atoms with E-state index in [1.165, 1.54) is 23.9 Å². The van der Waals surface area contributed by atoms with Crippen LogP contribution in [-0.2, 0) is 6.54 Å². The summed E-state index contributed by atoms with van der Waals surface area (Å²) in [4.78, 5) is 11.4. The molecule has 4 heteroatoms. The maximum atomic E-state index is 4.49. The van der Waals surface area contributed by atoms with Gasteiger partial charge in [0.2, 0.25) is 0 Å². The van der Waals surface area contributed by atoms with Gasteiger partial charge in [0.25, 0.3) is 0 Å². The first-order valence-corrected chi connectivity index (χ1v) is 7.91. The summed E-state index contributed by atoms with van der Waals surface area (Å²) in [5, 5.41) is 1.25. The second-order valence-corrected chi connectivity index (χ2v) is 5.96. The molecule has 2 aromatic heterocycles. The van der Waals surface area contributed by atoms with E-state index >= 15 is 0 Å². The van der Waals surface area contributed by atoms with E-state index < -0.39 is 0 Å². The minimum Gasteiger partial charge on any atom is -0.366 e. The van der Waals surface area contributed by atoms with Gasteiger partial charge in [0.1, 0.15) is 5.82 Å². The highest BCUT2D eigenvalue weighted by molar-refractivity contribution is 5.91. The maximum absolute atomic E-state index is 4.49. The number of fused-ring (bicyclic) bond motifs is 1. The summed E-state index contributed by atoms with van der Waals surface area (Å²) in [6.07, 6.45) is 8.37. The molecule has 1 atom stereocenters. The lowest BCUT2D eigenvalue weighted by atomic mass is 10.1. The second kappa shape index (κ2) is 5.44. The minimum absolute atomic E-state index is 0.527. The number of hydrogen-bond donors (Lipinski definition) is 0. The van der Waals surface area contributed by atoms with Gasteiger partial charge in [-0.05, 0) is 31.9 Å². The van der Waals surface area contributed by atoms with E-state index in [0.717, 1.165) is 24.4 Å². The Kier molecular flexibility index (Phi) is 3.29. The van der Waals surface area contributed by atoms with Crippen LogP contribution in [0.3, 0.4) is 0 Å². The average molecular weight is 292 g/mol. The highest BCUT2D eigenvalue weighted by Gasteiger charge is 2.26. The van der Waals surface area contributed by atoms with Gasteiger partial charge in [0.05, 0.1) is 5.52 Å². The van der Waals surface area contributed by atoms with Crippen molar-refractivity contribution in [2.45, 2.75) is 32.4 Å². The summed E-state index contributed by atoms with van der Waals surface area (Å²) in [6, 6.07) is 11.1. The molecule has 0 bridgehead atoms. The van der Waals surface area contributed by atoms with Crippen molar-refractivity contribution in [2.75, 3.05) is 11.4 Å². The molecule has 0 aliphatic carbocycles. The van der Waals surface area contributed by atoms with Gasteiger partial charge >= 0.3 is 0 Å². The van der Waals surface area contributed by atoms with E-state index in [4.69, 9.17) is 0 Å². The van der Waals surface area contributed by atoms with E-state index in [0.29, 0.717) is 6.04 Å². The van der Waals surface area contributed by atoms with Crippen molar-refractivity contribution in [1.29, 1.82) is 0 Å². The number of nitrogens with zero attached hydrogens (tertiary/aromatic N) is 4. The van der Waals surface area contributed by atoms with Crippen LogP contribution < -0.4 is 4.90 Å². The summed E-state index contributed by atoms with van der Waals surface area (Å²) < 4.78 is 2.26. The van der Waals surface area contributed by atoms with Gasteiger partial charge in [0.15, 0.2) is 0 Å². The number of hydrogen-bond acceptors (Lipinski definition) is 3. The summed E-state index contributed by atoms with van der Waals surface area (Å²) in [5.74, 6) is 1.09. The van der Waals surface area contributed by atoms with Gasteiger partial charge in [-0.25, -0.2) is 4.98 Å². The fourth-order valence-electron chi connectivity index (χ4n) is 3.50. The Hall–Kier alpha value is -2.36. The van der Waals surface area contributed by atoms with Crippen molar-refractivity contribution >= 4 is 16.6 Å². The lowest BCUT2D eigenvalue weighted by Crippen LogP contribution is -2.33. The number of rotatable bonds is 3. The molecule has 0 saturated carbocycles. The molecule has 3 heterocycles. The lowest BCUT2D eigenvalue weighted by molar-refractivity contribution is 0.541. The molecular formula is C18H20N4. The van der Waals surface area contributed by atoms with Crippen LogP contribution in [0.4, 0.5) is 5.69 Å². The Morgan fingerprint density at radius 1 is 1.14 bits per heavy atom. The molecular weight excluding hydrogens is 272 g/mol. The second-order valence-electron chi connectivity index (χ2n) is 5.96. The average Bonchev–Trinajstić information content (AvgIpc) is 3.17. The summed E-state index contributed by atoms with van der Waals surface area (Å²) in [6.45, 7) is 4.19. The molecule has 0 radical (unpaired) electrons. The zero-order valence-electron chi connectivity index (χ0n) is 12.8. The van der Waals surface area contributed by atoms with E-state index in [-0.39, 0.29) is 0 Å². The van der Waals surface area contributed by atoms with Crippen LogP contribution in [0, 0.1) is 6.92 Å². The fourth-order valence-corrected chi connectivity index (χ4v) is 3.50. The topological polar surface area (TPSA) is 34.0 Å². The van der Waals surface area contributed by atoms with E-state index in [1.807, 2.05) is 12.4 Å². The van der Waals surface area contributed by atoms with Crippen LogP contribution in [0.1, 0.15) is 18.7 Å². The third-order valence-corrected chi connectivity index (χ3v) is 4.64. The fraction of sp³-hybridized carbons (Fsp3) is 0.333. The third kappa shape index (κ3) is 2.25. The Morgan fingerprint density at radius 2 is 2.05 bits per heavy atom. The van der Waals surface area contributed by atoms with Crippen LogP contribution in [0.2, 0.25) is 0 Å². The molecule has 0 spiro atoms. The molecule has 1 saturated heterocycles. The van der Waals surface area contributed by atoms with Gasteiger partial charge in [-0.2, -0.15) is 0 Å². The minimum atomic E-state index is 0.527. The van der Waals surface area contributed by atoms with Crippen LogP contribution >= 0.6 is 0 Å². The molecule has 3 aromatic rings. The largest absolute Gasteiger partial charge is 0.366 e. The number of anilines is 1. The number of benzene rings is 1. The molecule has 112 valence electrons. The third-order valence-electron chi connectivity index (χ3n) is 4.64. The number of para-hydroxylation sites is 1. The van der Waals surface area contributed by atoms with Crippen LogP contribution in [0.5, 0.6) is 0 Å². The van der Waals surface area contributed by atoms with Gasteiger partial charge in [-0.3, -0.25) is 4.98 Å². The zero-order valence-corrected chi connectivity index (χ0v) is 12.8. The predicted molar refractivity (Wildman–Crippen MR) is 89.1 cm³/mol. The predicted octanol–water partition coefficient (Wildman–Crippen LogP) is 3.41. The molecule has 0 N–H and O–H groups in total. The van der Waals surface area contributed by atoms with Crippen LogP contribution in [-0.4, -0.2) is 27.1 Å². The summed E-state index contributed by atoms with van der Waals surface area (Å²) >= 11 is 0. The van der Waals surface area contributed by atoms with Crippen molar-refractivity contribution in [1.82, 2.24) is 14.5 Å². The van der Waals surface area contributed by atoms with E-state index in [9.17, 15) is 0 Å². The molecule has 22 heavy (non-hydrogen) atoms. The van der Waals surface area contributed by atoms with E-state index in [2.05, 4.69) is 62.9 Å². The number of pyridine rings is 1. The van der Waals surface area contributed by atoms with Gasteiger partial charge in [-0.15, -0.1) is 0 Å². The smallest absolute Gasteiger partial charge is 0.105 e. The van der Waals surface area contributed by atoms with Crippen molar-refractivity contribution in [2.24, 2.45) is 0 Å². The van der Waals surface area contributed by atoms with Crippen LogP contribution in [0.15, 0.2) is 48.9 Å². The van der Waals surface area contributed by atoms with Gasteiger partial charge in [0, 0.05) is 48.8 Å². The standard InChI is InChI=1S/C18H20N4/c1-14-19-10-12-21(14)13-15-5-4-11-22(15)18-8-9-20-17-7-3-2-6-16(17)18/h2-3,6-10,12,15H,4-5,11,13H2,1H3. The summed E-state index contributed by atoms with van der Waals surface area (Å²) in [5.41, 5.74) is 2.38. The molecule has 0 amide bonds. The molecule has 1 fully saturated rings. The lowest BCUT2D eigenvalue weighted by Gasteiger charge is -2.28. The first kappa shape index (κ1) is 13.3. The first-order chi connectivity index (χ1) is 10.8. The number of imidazole rings is 1. The molecule has 4 rings (SSSR count). The number of aromatic nitrogens is 3. The quantitative estimate of drug-likeness (QED) is 0.742. The monoisotopic (exact) mass is 292 g/mol. The highest BCUT2D eigenvalue weighted by atomic mass is 15.2. The molecule has 1 unspecified atom stereocenters.